The predicted octanol–water partition coefficient (Wildman–Crippen LogP) is 0.443. The highest BCUT2D eigenvalue weighted by Gasteiger charge is 2.13. The molecule has 23 heavy (non-hydrogen) atoms. The second-order valence-electron chi connectivity index (χ2n) is 4.96. The first-order valence-corrected chi connectivity index (χ1v) is 7.61. The van der Waals surface area contributed by atoms with E-state index in [1.54, 1.807) is 36.2 Å². The van der Waals surface area contributed by atoms with Gasteiger partial charge in [-0.25, -0.2) is 0 Å². The molecule has 0 aliphatic carbocycles. The maximum absolute atomic E-state index is 12.0. The molecule has 0 saturated carbocycles. The summed E-state index contributed by atoms with van der Waals surface area (Å²) in [6.45, 7) is 5.23. The molecule has 0 saturated heterocycles. The Hall–Kier alpha value is -2.41. The smallest absolute Gasteiger partial charge is 0.251 e. The van der Waals surface area contributed by atoms with Crippen LogP contribution in [0.2, 0.25) is 0 Å². The van der Waals surface area contributed by atoms with Crippen LogP contribution in [-0.2, 0) is 9.59 Å². The van der Waals surface area contributed by atoms with Crippen LogP contribution in [0.5, 0.6) is 0 Å². The summed E-state index contributed by atoms with van der Waals surface area (Å²) in [5.41, 5.74) is 1.13. The summed E-state index contributed by atoms with van der Waals surface area (Å²) in [6, 6.07) is 6.62. The minimum absolute atomic E-state index is 0.0999. The van der Waals surface area contributed by atoms with Gasteiger partial charge in [0.25, 0.3) is 5.91 Å². The normalized spacial score (nSPS) is 10.3. The molecule has 1 aromatic rings. The molecule has 0 radical (unpaired) electrons. The summed E-state index contributed by atoms with van der Waals surface area (Å²) in [6.07, 6.45) is 0. The number of carbonyl (C=O) groups is 3. The Morgan fingerprint density at radius 2 is 1.61 bits per heavy atom. The topological polar surface area (TPSA) is 90.5 Å². The van der Waals surface area contributed by atoms with Gasteiger partial charge in [-0.1, -0.05) is 6.92 Å². The van der Waals surface area contributed by atoms with Crippen molar-refractivity contribution >= 4 is 23.4 Å². The molecule has 0 bridgehead atoms. The number of hydrogen-bond acceptors (Lipinski definition) is 4. The third kappa shape index (κ3) is 6.48. The minimum atomic E-state index is -0.205. The van der Waals surface area contributed by atoms with Gasteiger partial charge >= 0.3 is 0 Å². The van der Waals surface area contributed by atoms with Gasteiger partial charge in [-0.05, 0) is 37.7 Å². The molecule has 0 atom stereocenters. The molecule has 7 nitrogen and oxygen atoms in total. The van der Waals surface area contributed by atoms with Crippen LogP contribution in [0.25, 0.3) is 0 Å². The summed E-state index contributed by atoms with van der Waals surface area (Å²) >= 11 is 0. The van der Waals surface area contributed by atoms with E-state index in [2.05, 4.69) is 16.0 Å². The molecule has 0 spiro atoms. The van der Waals surface area contributed by atoms with Crippen LogP contribution < -0.4 is 16.0 Å². The van der Waals surface area contributed by atoms with Crippen LogP contribution in [0.4, 0.5) is 5.69 Å². The highest BCUT2D eigenvalue weighted by atomic mass is 16.2. The van der Waals surface area contributed by atoms with Gasteiger partial charge in [-0.2, -0.15) is 0 Å². The Labute approximate surface area is 136 Å². The Bertz CT molecular complexity index is 543. The summed E-state index contributed by atoms with van der Waals surface area (Å²) in [5, 5.41) is 7.99. The first-order chi connectivity index (χ1) is 11.0. The summed E-state index contributed by atoms with van der Waals surface area (Å²) in [7, 11) is 1.56. The number of hydrogen-bond donors (Lipinski definition) is 3. The number of rotatable bonds is 8. The molecule has 0 aromatic heterocycles. The second-order valence-corrected chi connectivity index (χ2v) is 4.96. The van der Waals surface area contributed by atoms with Crippen LogP contribution in [0.15, 0.2) is 24.3 Å². The molecule has 1 rings (SSSR count). The first-order valence-electron chi connectivity index (χ1n) is 7.61. The van der Waals surface area contributed by atoms with Crippen molar-refractivity contribution in [3.63, 3.8) is 0 Å². The number of nitrogens with zero attached hydrogens (tertiary/aromatic N) is 1. The average molecular weight is 320 g/mol. The maximum Gasteiger partial charge on any atom is 0.251 e. The lowest BCUT2D eigenvalue weighted by atomic mass is 10.2. The molecule has 0 fully saturated rings. The predicted molar refractivity (Wildman–Crippen MR) is 89.3 cm³/mol. The van der Waals surface area contributed by atoms with Gasteiger partial charge in [-0.3, -0.25) is 19.3 Å². The maximum atomic E-state index is 12.0. The van der Waals surface area contributed by atoms with Gasteiger partial charge in [0, 0.05) is 24.8 Å². The molecule has 126 valence electrons. The molecular weight excluding hydrogens is 296 g/mol. The van der Waals surface area contributed by atoms with Gasteiger partial charge in [0.2, 0.25) is 11.8 Å². The van der Waals surface area contributed by atoms with Crippen LogP contribution in [-0.4, -0.2) is 55.8 Å². The van der Waals surface area contributed by atoms with Crippen molar-refractivity contribution in [1.82, 2.24) is 15.5 Å². The van der Waals surface area contributed by atoms with E-state index in [1.807, 2.05) is 13.8 Å². The standard InChI is InChI=1S/C16H24N4O3/c1-4-18-14(21)10-20(5-2)11-15(22)19-13-8-6-12(7-9-13)16(23)17-3/h6-9H,4-5,10-11H2,1-3H3,(H,17,23)(H,18,21)(H,19,22). The van der Waals surface area contributed by atoms with E-state index in [1.165, 1.54) is 0 Å². The van der Waals surface area contributed by atoms with E-state index in [0.29, 0.717) is 24.3 Å². The van der Waals surface area contributed by atoms with E-state index >= 15 is 0 Å². The van der Waals surface area contributed by atoms with Crippen molar-refractivity contribution in [3.05, 3.63) is 29.8 Å². The SMILES string of the molecule is CCNC(=O)CN(CC)CC(=O)Nc1ccc(C(=O)NC)cc1. The molecule has 0 heterocycles. The van der Waals surface area contributed by atoms with Crippen LogP contribution in [0.1, 0.15) is 24.2 Å². The zero-order chi connectivity index (χ0) is 17.2. The molecule has 7 heteroatoms. The van der Waals surface area contributed by atoms with E-state index < -0.39 is 0 Å². The van der Waals surface area contributed by atoms with Crippen molar-refractivity contribution in [2.24, 2.45) is 0 Å². The van der Waals surface area contributed by atoms with Crippen molar-refractivity contribution in [3.8, 4) is 0 Å². The quantitative estimate of drug-likeness (QED) is 0.648. The molecule has 0 aliphatic heterocycles. The molecule has 0 aliphatic rings. The second kappa shape index (κ2) is 9.58. The van der Waals surface area contributed by atoms with E-state index in [0.717, 1.165) is 0 Å². The van der Waals surface area contributed by atoms with Gasteiger partial charge in [0.15, 0.2) is 0 Å². The number of carbonyl (C=O) groups excluding carboxylic acids is 3. The van der Waals surface area contributed by atoms with Crippen molar-refractivity contribution in [2.45, 2.75) is 13.8 Å². The third-order valence-corrected chi connectivity index (χ3v) is 3.21. The third-order valence-electron chi connectivity index (χ3n) is 3.21. The number of benzene rings is 1. The highest BCUT2D eigenvalue weighted by molar-refractivity contribution is 5.96. The summed E-state index contributed by atoms with van der Waals surface area (Å²) in [5.74, 6) is -0.483. The lowest BCUT2D eigenvalue weighted by molar-refractivity contribution is -0.123. The molecule has 1 aromatic carbocycles. The monoisotopic (exact) mass is 320 g/mol. The Morgan fingerprint density at radius 1 is 1.00 bits per heavy atom. The fourth-order valence-corrected chi connectivity index (χ4v) is 1.99. The molecule has 3 N–H and O–H groups in total. The molecule has 3 amide bonds. The van der Waals surface area contributed by atoms with Crippen LogP contribution >= 0.6 is 0 Å². The van der Waals surface area contributed by atoms with Gasteiger partial charge < -0.3 is 16.0 Å². The zero-order valence-corrected chi connectivity index (χ0v) is 13.8. The van der Waals surface area contributed by atoms with Crippen LogP contribution in [0, 0.1) is 0 Å². The van der Waals surface area contributed by atoms with Gasteiger partial charge in [0.05, 0.1) is 13.1 Å². The highest BCUT2D eigenvalue weighted by Crippen LogP contribution is 2.09. The lowest BCUT2D eigenvalue weighted by Gasteiger charge is -2.19. The summed E-state index contributed by atoms with van der Waals surface area (Å²) < 4.78 is 0. The lowest BCUT2D eigenvalue weighted by Crippen LogP contribution is -2.41. The largest absolute Gasteiger partial charge is 0.355 e. The van der Waals surface area contributed by atoms with Crippen molar-refractivity contribution in [1.29, 1.82) is 0 Å². The van der Waals surface area contributed by atoms with Gasteiger partial charge in [0.1, 0.15) is 0 Å². The Morgan fingerprint density at radius 3 is 2.13 bits per heavy atom. The first kappa shape index (κ1) is 18.6. The Balaban J connectivity index is 2.54. The average Bonchev–Trinajstić information content (AvgIpc) is 2.54. The van der Waals surface area contributed by atoms with E-state index in [-0.39, 0.29) is 30.8 Å². The zero-order valence-electron chi connectivity index (χ0n) is 13.8. The fraction of sp³-hybridized carbons (Fsp3) is 0.438. The van der Waals surface area contributed by atoms with Gasteiger partial charge in [-0.15, -0.1) is 0 Å². The molecule has 0 unspecified atom stereocenters. The van der Waals surface area contributed by atoms with Crippen molar-refractivity contribution < 1.29 is 14.4 Å². The number of likely N-dealkylation sites (N-methyl/N-ethyl adjacent to an activating group) is 2. The minimum Gasteiger partial charge on any atom is -0.355 e. The number of nitrogens with one attached hydrogen (secondary N) is 3. The number of amides is 3. The molecular formula is C16H24N4O3. The van der Waals surface area contributed by atoms with E-state index in [4.69, 9.17) is 0 Å². The van der Waals surface area contributed by atoms with Crippen molar-refractivity contribution in [2.75, 3.05) is 38.5 Å². The summed E-state index contributed by atoms with van der Waals surface area (Å²) in [4.78, 5) is 36.8. The fourth-order valence-electron chi connectivity index (χ4n) is 1.99. The van der Waals surface area contributed by atoms with E-state index in [9.17, 15) is 14.4 Å². The van der Waals surface area contributed by atoms with Crippen LogP contribution in [0.3, 0.4) is 0 Å². The number of anilines is 1. The Kier molecular flexibility index (Phi) is 7.76.